The van der Waals surface area contributed by atoms with Gasteiger partial charge < -0.3 is 18.9 Å². The van der Waals surface area contributed by atoms with Crippen molar-refractivity contribution in [1.82, 2.24) is 4.57 Å². The highest BCUT2D eigenvalue weighted by Crippen LogP contribution is 2.39. The standard InChI is InChI=1S/C38H35BrN2O6S/c1-5-9-30-34(37(43)46-6-2)35(29-20-26(44-3)17-19-31(29)45-4)41-36(42)33(48-38(41)40-30)21-28-27-11-8-7-10-24(27)14-18-32(28)47-22-23-12-15-25(39)16-13-23/h7-8,10-21,35H,5-6,9,22H2,1-4H3/b33-21-/t35-/m1/s1. The second kappa shape index (κ2) is 14.6. The van der Waals surface area contributed by atoms with Crippen LogP contribution in [0.2, 0.25) is 0 Å². The Kier molecular flexibility index (Phi) is 10.1. The molecule has 8 nitrogen and oxygen atoms in total. The van der Waals surface area contributed by atoms with Crippen LogP contribution in [0.15, 0.2) is 104 Å². The van der Waals surface area contributed by atoms with E-state index in [0.717, 1.165) is 32.8 Å². The summed E-state index contributed by atoms with van der Waals surface area (Å²) in [6.45, 7) is 4.32. The maximum atomic E-state index is 14.6. The summed E-state index contributed by atoms with van der Waals surface area (Å²) < 4.78 is 26.3. The Hall–Kier alpha value is -4.67. The first-order chi connectivity index (χ1) is 23.4. The van der Waals surface area contributed by atoms with Crippen molar-refractivity contribution < 1.29 is 23.7 Å². The van der Waals surface area contributed by atoms with Gasteiger partial charge in [-0.15, -0.1) is 0 Å². The lowest BCUT2D eigenvalue weighted by molar-refractivity contribution is -0.139. The molecule has 1 aliphatic heterocycles. The fourth-order valence-corrected chi connectivity index (χ4v) is 7.16. The van der Waals surface area contributed by atoms with Gasteiger partial charge in [0.25, 0.3) is 5.56 Å². The van der Waals surface area contributed by atoms with Crippen molar-refractivity contribution in [3.05, 3.63) is 131 Å². The van der Waals surface area contributed by atoms with Gasteiger partial charge >= 0.3 is 5.97 Å². The summed E-state index contributed by atoms with van der Waals surface area (Å²) in [7, 11) is 3.13. The molecule has 0 saturated heterocycles. The highest BCUT2D eigenvalue weighted by molar-refractivity contribution is 9.10. The van der Waals surface area contributed by atoms with Crippen LogP contribution >= 0.6 is 27.3 Å². The monoisotopic (exact) mass is 726 g/mol. The number of hydrogen-bond donors (Lipinski definition) is 0. The van der Waals surface area contributed by atoms with E-state index < -0.39 is 12.0 Å². The third-order valence-electron chi connectivity index (χ3n) is 8.14. The highest BCUT2D eigenvalue weighted by Gasteiger charge is 2.36. The molecule has 48 heavy (non-hydrogen) atoms. The van der Waals surface area contributed by atoms with Crippen LogP contribution in [0.1, 0.15) is 49.4 Å². The van der Waals surface area contributed by atoms with E-state index in [4.69, 9.17) is 23.9 Å². The summed E-state index contributed by atoms with van der Waals surface area (Å²) in [5, 5.41) is 1.96. The van der Waals surface area contributed by atoms with E-state index in [1.165, 1.54) is 11.3 Å². The molecule has 0 spiro atoms. The predicted molar refractivity (Wildman–Crippen MR) is 192 cm³/mol. The van der Waals surface area contributed by atoms with E-state index in [2.05, 4.69) is 15.9 Å². The molecule has 0 unspecified atom stereocenters. The molecule has 0 radical (unpaired) electrons. The van der Waals surface area contributed by atoms with Crippen molar-refractivity contribution >= 4 is 50.1 Å². The number of thiazole rings is 1. The van der Waals surface area contributed by atoms with Gasteiger partial charge in [-0.25, -0.2) is 9.79 Å². The normalized spacial score (nSPS) is 14.4. The minimum Gasteiger partial charge on any atom is -0.497 e. The van der Waals surface area contributed by atoms with Crippen molar-refractivity contribution in [2.24, 2.45) is 4.99 Å². The van der Waals surface area contributed by atoms with Gasteiger partial charge in [-0.05, 0) is 72.2 Å². The number of benzene rings is 4. The molecule has 10 heteroatoms. The van der Waals surface area contributed by atoms with Gasteiger partial charge in [0.15, 0.2) is 4.80 Å². The largest absolute Gasteiger partial charge is 0.497 e. The Labute approximate surface area is 290 Å². The molecule has 6 rings (SSSR count). The first kappa shape index (κ1) is 33.2. The maximum absolute atomic E-state index is 14.6. The van der Waals surface area contributed by atoms with E-state index in [1.54, 1.807) is 43.9 Å². The number of halogens is 1. The molecular formula is C38H35BrN2O6S. The Balaban J connectivity index is 1.58. The van der Waals surface area contributed by atoms with Gasteiger partial charge in [0.2, 0.25) is 0 Å². The van der Waals surface area contributed by atoms with E-state index in [1.807, 2.05) is 73.7 Å². The number of methoxy groups -OCH3 is 2. The van der Waals surface area contributed by atoms with Gasteiger partial charge in [0.05, 0.1) is 36.6 Å². The van der Waals surface area contributed by atoms with Crippen LogP contribution in [0.5, 0.6) is 17.2 Å². The van der Waals surface area contributed by atoms with Crippen molar-refractivity contribution in [1.29, 1.82) is 0 Å². The second-order valence-corrected chi connectivity index (χ2v) is 13.1. The lowest BCUT2D eigenvalue weighted by Gasteiger charge is -2.27. The first-order valence-electron chi connectivity index (χ1n) is 15.7. The molecule has 1 aliphatic rings. The zero-order chi connectivity index (χ0) is 33.8. The molecule has 0 fully saturated rings. The molecule has 1 atom stereocenters. The average Bonchev–Trinajstić information content (AvgIpc) is 3.41. The molecule has 0 N–H and O–H groups in total. The number of aromatic nitrogens is 1. The third kappa shape index (κ3) is 6.55. The first-order valence-corrected chi connectivity index (χ1v) is 17.3. The molecule has 0 amide bonds. The number of hydrogen-bond acceptors (Lipinski definition) is 8. The molecule has 0 saturated carbocycles. The van der Waals surface area contributed by atoms with Gasteiger partial charge in [0.1, 0.15) is 29.9 Å². The molecule has 5 aromatic rings. The number of rotatable bonds is 11. The van der Waals surface area contributed by atoms with Crippen LogP contribution < -0.4 is 29.1 Å². The van der Waals surface area contributed by atoms with Gasteiger partial charge in [0, 0.05) is 15.6 Å². The van der Waals surface area contributed by atoms with Crippen LogP contribution in [0.3, 0.4) is 0 Å². The number of ether oxygens (including phenoxy) is 4. The zero-order valence-corrected chi connectivity index (χ0v) is 29.5. The molecule has 1 aromatic heterocycles. The van der Waals surface area contributed by atoms with Crippen molar-refractivity contribution in [2.75, 3.05) is 20.8 Å². The number of allylic oxidation sites excluding steroid dienone is 1. The molecule has 4 aromatic carbocycles. The number of carbonyl (C=O) groups is 1. The van der Waals surface area contributed by atoms with Crippen molar-refractivity contribution in [3.63, 3.8) is 0 Å². The Bertz CT molecular complexity index is 2200. The maximum Gasteiger partial charge on any atom is 0.338 e. The van der Waals surface area contributed by atoms with Gasteiger partial charge in [-0.1, -0.05) is 83.1 Å². The van der Waals surface area contributed by atoms with Crippen molar-refractivity contribution in [3.8, 4) is 17.2 Å². The van der Waals surface area contributed by atoms with Crippen LogP contribution in [-0.2, 0) is 16.1 Å². The van der Waals surface area contributed by atoms with Crippen LogP contribution in [0.4, 0.5) is 0 Å². The molecular weight excluding hydrogens is 692 g/mol. The molecule has 2 heterocycles. The second-order valence-electron chi connectivity index (χ2n) is 11.1. The lowest BCUT2D eigenvalue weighted by atomic mass is 9.93. The molecule has 246 valence electrons. The smallest absolute Gasteiger partial charge is 0.338 e. The Morgan fingerprint density at radius 3 is 2.48 bits per heavy atom. The summed E-state index contributed by atoms with van der Waals surface area (Å²) in [4.78, 5) is 33.7. The molecule has 0 aliphatic carbocycles. The Morgan fingerprint density at radius 1 is 0.979 bits per heavy atom. The van der Waals surface area contributed by atoms with E-state index in [0.29, 0.717) is 56.4 Å². The fourth-order valence-electron chi connectivity index (χ4n) is 5.89. The van der Waals surface area contributed by atoms with Gasteiger partial charge in [-0.3, -0.25) is 9.36 Å². The van der Waals surface area contributed by atoms with Crippen LogP contribution in [0.25, 0.3) is 16.8 Å². The number of carbonyl (C=O) groups excluding carboxylic acids is 1. The third-order valence-corrected chi connectivity index (χ3v) is 9.65. The fraction of sp³-hybridized carbons (Fsp3) is 0.237. The van der Waals surface area contributed by atoms with Crippen LogP contribution in [-0.4, -0.2) is 31.4 Å². The predicted octanol–water partition coefficient (Wildman–Crippen LogP) is 7.09. The summed E-state index contributed by atoms with van der Waals surface area (Å²) in [5.74, 6) is 1.19. The van der Waals surface area contributed by atoms with E-state index >= 15 is 0 Å². The average molecular weight is 728 g/mol. The zero-order valence-electron chi connectivity index (χ0n) is 27.1. The lowest BCUT2D eigenvalue weighted by Crippen LogP contribution is -2.40. The summed E-state index contributed by atoms with van der Waals surface area (Å²) in [5.41, 5.74) is 3.00. The number of fused-ring (bicyclic) bond motifs is 2. The number of esters is 1. The van der Waals surface area contributed by atoms with Gasteiger partial charge in [-0.2, -0.15) is 0 Å². The molecule has 0 bridgehead atoms. The minimum absolute atomic E-state index is 0.179. The summed E-state index contributed by atoms with van der Waals surface area (Å²) in [6, 6.07) is 24.4. The summed E-state index contributed by atoms with van der Waals surface area (Å²) in [6.07, 6.45) is 3.14. The van der Waals surface area contributed by atoms with E-state index in [-0.39, 0.29) is 12.2 Å². The topological polar surface area (TPSA) is 88.4 Å². The van der Waals surface area contributed by atoms with Crippen LogP contribution in [0, 0.1) is 0 Å². The van der Waals surface area contributed by atoms with Crippen molar-refractivity contribution in [2.45, 2.75) is 39.3 Å². The SMILES string of the molecule is CCCC1=C(C(=O)OCC)[C@@H](c2cc(OC)ccc2OC)n2c(s/c(=C\c3c(OCc4ccc(Br)cc4)ccc4ccccc34)c2=O)=N1. The highest BCUT2D eigenvalue weighted by atomic mass is 79.9. The Morgan fingerprint density at radius 2 is 1.75 bits per heavy atom. The summed E-state index contributed by atoms with van der Waals surface area (Å²) >= 11 is 4.77. The minimum atomic E-state index is -0.852. The quantitative estimate of drug-likeness (QED) is 0.135. The van der Waals surface area contributed by atoms with E-state index in [9.17, 15) is 9.59 Å². The number of nitrogens with zero attached hydrogens (tertiary/aromatic N) is 2.